The molecule has 0 unspecified atom stereocenters. The maximum Gasteiger partial charge on any atom is 0.239 e. The number of nitrogens with zero attached hydrogens (tertiary/aromatic N) is 4. The van der Waals surface area contributed by atoms with E-state index >= 15 is 0 Å². The fourth-order valence-electron chi connectivity index (χ4n) is 2.84. The van der Waals surface area contributed by atoms with E-state index in [1.807, 2.05) is 49.8 Å². The maximum absolute atomic E-state index is 12.5. The number of aromatic nitrogens is 4. The number of rotatable bonds is 8. The summed E-state index contributed by atoms with van der Waals surface area (Å²) in [5.41, 5.74) is 3.12. The summed E-state index contributed by atoms with van der Waals surface area (Å²) >= 11 is 2.80. The number of nitrogens with one attached hydrogen (secondary N) is 1. The van der Waals surface area contributed by atoms with Crippen molar-refractivity contribution in [3.05, 3.63) is 46.2 Å². The van der Waals surface area contributed by atoms with Gasteiger partial charge in [0.1, 0.15) is 12.4 Å². The average molecular weight is 446 g/mol. The highest BCUT2D eigenvalue weighted by Crippen LogP contribution is 2.28. The molecule has 0 bridgehead atoms. The molecular formula is C21H27N5O2S2. The highest BCUT2D eigenvalue weighted by atomic mass is 32.2. The highest BCUT2D eigenvalue weighted by molar-refractivity contribution is 8.00. The molecule has 1 aromatic carbocycles. The molecule has 2 heterocycles. The number of hydrogen-bond donors (Lipinski definition) is 1. The van der Waals surface area contributed by atoms with Crippen LogP contribution in [-0.2, 0) is 11.4 Å². The van der Waals surface area contributed by atoms with Crippen LogP contribution in [0.3, 0.4) is 0 Å². The monoisotopic (exact) mass is 445 g/mol. The van der Waals surface area contributed by atoms with Crippen LogP contribution in [0.25, 0.3) is 0 Å². The van der Waals surface area contributed by atoms with Gasteiger partial charge in [-0.3, -0.25) is 4.79 Å². The normalized spacial score (nSPS) is 12.2. The largest absolute Gasteiger partial charge is 0.485 e. The molecule has 2 aromatic heterocycles. The van der Waals surface area contributed by atoms with E-state index in [-0.39, 0.29) is 17.2 Å². The molecule has 1 amide bonds. The van der Waals surface area contributed by atoms with Gasteiger partial charge in [-0.05, 0) is 58.7 Å². The van der Waals surface area contributed by atoms with Crippen LogP contribution in [-0.4, -0.2) is 30.9 Å². The Morgan fingerprint density at radius 1 is 1.23 bits per heavy atom. The zero-order valence-corrected chi connectivity index (χ0v) is 19.7. The van der Waals surface area contributed by atoms with Gasteiger partial charge in [0.2, 0.25) is 5.91 Å². The van der Waals surface area contributed by atoms with E-state index < -0.39 is 0 Å². The predicted molar refractivity (Wildman–Crippen MR) is 121 cm³/mol. The number of ether oxygens (including phenoxy) is 1. The van der Waals surface area contributed by atoms with E-state index in [2.05, 4.69) is 40.4 Å². The summed E-state index contributed by atoms with van der Waals surface area (Å²) in [6, 6.07) is 6.26. The molecule has 3 rings (SSSR count). The fraction of sp³-hybridized carbons (Fsp3) is 0.429. The van der Waals surface area contributed by atoms with E-state index in [0.29, 0.717) is 16.9 Å². The van der Waals surface area contributed by atoms with E-state index in [1.165, 1.54) is 23.1 Å². The van der Waals surface area contributed by atoms with Crippen molar-refractivity contribution < 1.29 is 9.53 Å². The van der Waals surface area contributed by atoms with Crippen molar-refractivity contribution in [2.24, 2.45) is 0 Å². The summed E-state index contributed by atoms with van der Waals surface area (Å²) in [5, 5.41) is 14.4. The summed E-state index contributed by atoms with van der Waals surface area (Å²) in [4.78, 5) is 16.8. The molecule has 7 nitrogen and oxygen atoms in total. The Labute approximate surface area is 185 Å². The van der Waals surface area contributed by atoms with Gasteiger partial charge >= 0.3 is 0 Å². The topological polar surface area (TPSA) is 81.9 Å². The van der Waals surface area contributed by atoms with E-state index in [0.717, 1.165) is 28.4 Å². The molecular weight excluding hydrogens is 418 g/mol. The van der Waals surface area contributed by atoms with Crippen molar-refractivity contribution in [2.45, 2.75) is 64.6 Å². The number of carbonyl (C=O) groups is 1. The van der Waals surface area contributed by atoms with Crippen LogP contribution >= 0.6 is 23.1 Å². The number of benzene rings is 1. The van der Waals surface area contributed by atoms with E-state index in [4.69, 9.17) is 4.74 Å². The van der Waals surface area contributed by atoms with E-state index in [9.17, 15) is 4.79 Å². The lowest BCUT2D eigenvalue weighted by molar-refractivity contribution is -0.115. The van der Waals surface area contributed by atoms with Crippen molar-refractivity contribution in [3.63, 3.8) is 0 Å². The number of thiazole rings is 1. The van der Waals surface area contributed by atoms with Gasteiger partial charge in [-0.25, -0.2) is 4.98 Å². The van der Waals surface area contributed by atoms with Gasteiger partial charge in [0.05, 0.1) is 10.9 Å². The predicted octanol–water partition coefficient (Wildman–Crippen LogP) is 4.94. The smallest absolute Gasteiger partial charge is 0.239 e. The summed E-state index contributed by atoms with van der Waals surface area (Å²) in [6.45, 7) is 12.3. The number of thioether (sulfide) groups is 1. The third kappa shape index (κ3) is 5.40. The molecule has 0 fully saturated rings. The zero-order valence-electron chi connectivity index (χ0n) is 18.1. The van der Waals surface area contributed by atoms with Crippen molar-refractivity contribution in [3.8, 4) is 5.75 Å². The summed E-state index contributed by atoms with van der Waals surface area (Å²) in [6.07, 6.45) is 0. The Morgan fingerprint density at radius 2 is 2.00 bits per heavy atom. The van der Waals surface area contributed by atoms with Gasteiger partial charge in [0.15, 0.2) is 16.1 Å². The Balaban J connectivity index is 1.70. The minimum atomic E-state index is -0.344. The third-order valence-corrected chi connectivity index (χ3v) is 6.38. The number of aryl methyl sites for hydroxylation is 3. The lowest BCUT2D eigenvalue weighted by Gasteiger charge is -2.16. The minimum Gasteiger partial charge on any atom is -0.485 e. The first-order chi connectivity index (χ1) is 14.2. The first-order valence-corrected chi connectivity index (χ1v) is 11.5. The highest BCUT2D eigenvalue weighted by Gasteiger charge is 2.22. The van der Waals surface area contributed by atoms with Gasteiger partial charge in [-0.2, -0.15) is 0 Å². The second-order valence-corrected chi connectivity index (χ2v) is 9.63. The third-order valence-electron chi connectivity index (χ3n) is 4.45. The molecule has 160 valence electrons. The van der Waals surface area contributed by atoms with Gasteiger partial charge in [-0.1, -0.05) is 23.9 Å². The lowest BCUT2D eigenvalue weighted by Crippen LogP contribution is -2.23. The fourth-order valence-corrected chi connectivity index (χ4v) is 4.53. The molecule has 0 aliphatic carbocycles. The molecule has 1 N–H and O–H groups in total. The van der Waals surface area contributed by atoms with Crippen molar-refractivity contribution >= 4 is 34.1 Å². The van der Waals surface area contributed by atoms with Gasteiger partial charge in [0.25, 0.3) is 0 Å². The molecule has 3 aromatic rings. The molecule has 1 atom stereocenters. The molecule has 0 saturated carbocycles. The van der Waals surface area contributed by atoms with Crippen LogP contribution in [0.2, 0.25) is 0 Å². The Hall–Kier alpha value is -2.39. The molecule has 0 spiro atoms. The average Bonchev–Trinajstić information content (AvgIpc) is 3.28. The van der Waals surface area contributed by atoms with Crippen molar-refractivity contribution in [2.75, 3.05) is 5.32 Å². The summed E-state index contributed by atoms with van der Waals surface area (Å²) in [5.74, 6) is 1.46. The van der Waals surface area contributed by atoms with Crippen molar-refractivity contribution in [1.29, 1.82) is 0 Å². The second kappa shape index (κ2) is 9.61. The van der Waals surface area contributed by atoms with E-state index in [1.54, 1.807) is 0 Å². The van der Waals surface area contributed by atoms with Crippen LogP contribution in [0.15, 0.2) is 28.7 Å². The Kier molecular flexibility index (Phi) is 7.14. The number of anilines is 1. The quantitative estimate of drug-likeness (QED) is 0.495. The van der Waals surface area contributed by atoms with Crippen LogP contribution in [0.5, 0.6) is 5.75 Å². The molecule has 0 radical (unpaired) electrons. The number of hydrogen-bond acceptors (Lipinski definition) is 7. The summed E-state index contributed by atoms with van der Waals surface area (Å²) in [7, 11) is 0. The first kappa shape index (κ1) is 22.3. The molecule has 0 aliphatic rings. The van der Waals surface area contributed by atoms with Gasteiger partial charge in [-0.15, -0.1) is 21.5 Å². The standard InChI is InChI=1S/C21H27N5O2S2/c1-12(2)26-18(10-28-17-9-13(3)7-8-14(17)4)24-25-21(26)30-16(6)19(27)23-20-22-15(5)11-29-20/h7-9,11-12,16H,10H2,1-6H3,(H,22,23,27)/t16-/m0/s1. The SMILES string of the molecule is Cc1ccc(C)c(OCc2nnc(S[C@@H](C)C(=O)Nc3nc(C)cs3)n2C(C)C)c1. The zero-order chi connectivity index (χ0) is 21.8. The minimum absolute atomic E-state index is 0.110. The molecule has 0 aliphatic heterocycles. The second-order valence-electron chi connectivity index (χ2n) is 7.46. The molecule has 9 heteroatoms. The van der Waals surface area contributed by atoms with Crippen LogP contribution in [0.4, 0.5) is 5.13 Å². The number of amides is 1. The van der Waals surface area contributed by atoms with Crippen LogP contribution in [0.1, 0.15) is 49.5 Å². The lowest BCUT2D eigenvalue weighted by atomic mass is 10.1. The van der Waals surface area contributed by atoms with Crippen LogP contribution < -0.4 is 10.1 Å². The van der Waals surface area contributed by atoms with Crippen LogP contribution in [0, 0.1) is 20.8 Å². The van der Waals surface area contributed by atoms with Crippen molar-refractivity contribution in [1.82, 2.24) is 19.7 Å². The molecule has 30 heavy (non-hydrogen) atoms. The van der Waals surface area contributed by atoms with Gasteiger partial charge < -0.3 is 14.6 Å². The maximum atomic E-state index is 12.5. The molecule has 0 saturated heterocycles. The summed E-state index contributed by atoms with van der Waals surface area (Å²) < 4.78 is 8.04. The Bertz CT molecular complexity index is 1030. The number of carbonyl (C=O) groups excluding carboxylic acids is 1. The Morgan fingerprint density at radius 3 is 2.67 bits per heavy atom. The van der Waals surface area contributed by atoms with Gasteiger partial charge in [0, 0.05) is 11.4 Å². The first-order valence-electron chi connectivity index (χ1n) is 9.78.